The fourth-order valence-electron chi connectivity index (χ4n) is 7.20. The maximum atomic E-state index is 17.1. The van der Waals surface area contributed by atoms with Crippen LogP contribution in [0.15, 0.2) is 23.8 Å². The lowest BCUT2D eigenvalue weighted by molar-refractivity contribution is -0.235. The normalized spacial score (nSPS) is 45.7. The standard InChI is InChI=1S/C24H27F2NO6/c1-13(28)33-23(20(31)32-9-8-27)7-5-15-16-11-18(25)17-10-14(29)4-6-21(17,2)24(16,26)19(30)12-22(15,23)3/h4,6,10,15-16,18-19,30H,5,7,9,11-12H2,1-3H3/t15-,16-,18-,19-,21-,22-,23-,24-/m0/s1. The molecule has 4 rings (SSSR count). The van der Waals surface area contributed by atoms with Crippen molar-refractivity contribution in [2.45, 2.75) is 70.0 Å². The molecular formula is C24H27F2NO6. The van der Waals surface area contributed by atoms with Crippen molar-refractivity contribution in [3.8, 4) is 6.07 Å². The number of aliphatic hydroxyl groups excluding tert-OH is 1. The number of ketones is 1. The highest BCUT2D eigenvalue weighted by Gasteiger charge is 2.77. The number of aliphatic hydroxyl groups is 1. The lowest BCUT2D eigenvalue weighted by Crippen LogP contribution is -2.70. The Morgan fingerprint density at radius 1 is 1.33 bits per heavy atom. The van der Waals surface area contributed by atoms with Crippen LogP contribution >= 0.6 is 0 Å². The largest absolute Gasteiger partial charge is 0.447 e. The van der Waals surface area contributed by atoms with Crippen molar-refractivity contribution in [3.05, 3.63) is 23.8 Å². The lowest BCUT2D eigenvalue weighted by atomic mass is 9.44. The molecule has 7 nitrogen and oxygen atoms in total. The van der Waals surface area contributed by atoms with Gasteiger partial charge in [0.1, 0.15) is 12.2 Å². The van der Waals surface area contributed by atoms with Crippen molar-refractivity contribution in [1.29, 1.82) is 5.26 Å². The van der Waals surface area contributed by atoms with E-state index in [1.165, 1.54) is 19.1 Å². The number of alkyl halides is 2. The summed E-state index contributed by atoms with van der Waals surface area (Å²) < 4.78 is 43.1. The molecule has 178 valence electrons. The number of nitrogens with zero attached hydrogens (tertiary/aromatic N) is 1. The summed E-state index contributed by atoms with van der Waals surface area (Å²) in [6.45, 7) is 3.70. The van der Waals surface area contributed by atoms with Gasteiger partial charge in [-0.25, -0.2) is 13.6 Å². The van der Waals surface area contributed by atoms with Crippen LogP contribution in [0.5, 0.6) is 0 Å². The third-order valence-corrected chi connectivity index (χ3v) is 8.66. The molecule has 0 heterocycles. The number of carbonyl (C=O) groups excluding carboxylic acids is 3. The summed E-state index contributed by atoms with van der Waals surface area (Å²) in [6.07, 6.45) is 0.102. The first-order valence-corrected chi connectivity index (χ1v) is 11.1. The Morgan fingerprint density at radius 2 is 2.03 bits per heavy atom. The number of nitriles is 1. The zero-order valence-electron chi connectivity index (χ0n) is 18.8. The molecule has 0 bridgehead atoms. The zero-order chi connectivity index (χ0) is 24.4. The minimum atomic E-state index is -2.30. The summed E-state index contributed by atoms with van der Waals surface area (Å²) in [7, 11) is 0. The molecule has 0 aliphatic heterocycles. The highest BCUT2D eigenvalue weighted by Crippen LogP contribution is 2.70. The van der Waals surface area contributed by atoms with E-state index in [1.54, 1.807) is 13.0 Å². The van der Waals surface area contributed by atoms with Crippen LogP contribution in [0, 0.1) is 34.0 Å². The maximum Gasteiger partial charge on any atom is 0.352 e. The molecule has 9 heteroatoms. The molecule has 0 radical (unpaired) electrons. The summed E-state index contributed by atoms with van der Waals surface area (Å²) in [5.74, 6) is -3.75. The topological polar surface area (TPSA) is 114 Å². The smallest absolute Gasteiger partial charge is 0.352 e. The average Bonchev–Trinajstić information content (AvgIpc) is 3.02. The Labute approximate surface area is 190 Å². The minimum absolute atomic E-state index is 0.00198. The van der Waals surface area contributed by atoms with Gasteiger partial charge in [0.15, 0.2) is 18.1 Å². The second-order valence-corrected chi connectivity index (χ2v) is 10.1. The molecule has 4 aliphatic rings. The minimum Gasteiger partial charge on any atom is -0.447 e. The van der Waals surface area contributed by atoms with Gasteiger partial charge in [-0.3, -0.25) is 9.59 Å². The van der Waals surface area contributed by atoms with E-state index in [0.717, 1.165) is 13.0 Å². The fraction of sp³-hybridized carbons (Fsp3) is 0.667. The molecular weight excluding hydrogens is 436 g/mol. The fourth-order valence-corrected chi connectivity index (χ4v) is 7.20. The number of carbonyl (C=O) groups is 3. The molecule has 3 fully saturated rings. The van der Waals surface area contributed by atoms with Crippen molar-refractivity contribution in [2.24, 2.45) is 22.7 Å². The van der Waals surface area contributed by atoms with Gasteiger partial charge in [-0.1, -0.05) is 13.0 Å². The molecule has 0 amide bonds. The Hall–Kier alpha value is -2.60. The van der Waals surface area contributed by atoms with Gasteiger partial charge in [-0.05, 0) is 56.3 Å². The van der Waals surface area contributed by atoms with Crippen LogP contribution in [0.3, 0.4) is 0 Å². The Bertz CT molecular complexity index is 1020. The van der Waals surface area contributed by atoms with Gasteiger partial charge in [0, 0.05) is 23.7 Å². The van der Waals surface area contributed by atoms with E-state index in [4.69, 9.17) is 14.7 Å². The van der Waals surface area contributed by atoms with Crippen molar-refractivity contribution >= 4 is 17.7 Å². The summed E-state index contributed by atoms with van der Waals surface area (Å²) in [6, 6.07) is 1.70. The van der Waals surface area contributed by atoms with Gasteiger partial charge in [0.05, 0.1) is 6.10 Å². The summed E-state index contributed by atoms with van der Waals surface area (Å²) in [5, 5.41) is 20.1. The predicted molar refractivity (Wildman–Crippen MR) is 110 cm³/mol. The first kappa shape index (κ1) is 23.6. The molecule has 0 saturated heterocycles. The third-order valence-electron chi connectivity index (χ3n) is 8.66. The molecule has 8 atom stereocenters. The molecule has 33 heavy (non-hydrogen) atoms. The number of esters is 2. The van der Waals surface area contributed by atoms with Gasteiger partial charge >= 0.3 is 11.9 Å². The Morgan fingerprint density at radius 3 is 2.67 bits per heavy atom. The highest BCUT2D eigenvalue weighted by atomic mass is 19.1. The van der Waals surface area contributed by atoms with E-state index in [-0.39, 0.29) is 31.3 Å². The molecule has 1 N–H and O–H groups in total. The molecule has 0 aromatic carbocycles. The average molecular weight is 463 g/mol. The van der Waals surface area contributed by atoms with E-state index in [0.29, 0.717) is 0 Å². The highest BCUT2D eigenvalue weighted by molar-refractivity contribution is 6.01. The summed E-state index contributed by atoms with van der Waals surface area (Å²) >= 11 is 0. The van der Waals surface area contributed by atoms with E-state index in [2.05, 4.69) is 0 Å². The van der Waals surface area contributed by atoms with Crippen LogP contribution in [-0.4, -0.2) is 53.0 Å². The predicted octanol–water partition coefficient (Wildman–Crippen LogP) is 2.67. The van der Waals surface area contributed by atoms with Crippen LogP contribution in [0.2, 0.25) is 0 Å². The van der Waals surface area contributed by atoms with Crippen LogP contribution in [0.4, 0.5) is 8.78 Å². The molecule has 0 spiro atoms. The van der Waals surface area contributed by atoms with Gasteiger partial charge in [-0.15, -0.1) is 0 Å². The first-order valence-electron chi connectivity index (χ1n) is 11.1. The number of allylic oxidation sites excluding steroid dienone is 4. The van der Waals surface area contributed by atoms with E-state index in [1.807, 2.05) is 0 Å². The number of rotatable bonds is 3. The summed E-state index contributed by atoms with van der Waals surface area (Å²) in [5.41, 5.74) is -6.92. The molecule has 4 aliphatic carbocycles. The summed E-state index contributed by atoms with van der Waals surface area (Å²) in [4.78, 5) is 37.0. The second-order valence-electron chi connectivity index (χ2n) is 10.1. The van der Waals surface area contributed by atoms with E-state index < -0.39 is 70.5 Å². The molecule has 0 unspecified atom stereocenters. The first-order chi connectivity index (χ1) is 15.4. The Kier molecular flexibility index (Phi) is 5.32. The monoisotopic (exact) mass is 463 g/mol. The molecule has 0 aromatic heterocycles. The number of halogens is 2. The van der Waals surface area contributed by atoms with Gasteiger partial charge in [0.2, 0.25) is 5.60 Å². The van der Waals surface area contributed by atoms with Crippen molar-refractivity contribution in [1.82, 2.24) is 0 Å². The van der Waals surface area contributed by atoms with Crippen LogP contribution in [0.25, 0.3) is 0 Å². The van der Waals surface area contributed by atoms with E-state index >= 15 is 8.78 Å². The number of hydrogen-bond acceptors (Lipinski definition) is 7. The molecule has 0 aromatic rings. The number of ether oxygens (including phenoxy) is 2. The van der Waals surface area contributed by atoms with Gasteiger partial charge < -0.3 is 14.6 Å². The SMILES string of the molecule is CC(=O)O[C@]1(C(=O)OCC#N)CC[C@H]2[C@@H]3C[C@H](F)C4=CC(=O)C=C[C@]4(C)[C@@]3(F)[C@@H](O)C[C@@]21C. The van der Waals surface area contributed by atoms with Gasteiger partial charge in [0.25, 0.3) is 0 Å². The van der Waals surface area contributed by atoms with Crippen LogP contribution in [-0.2, 0) is 23.9 Å². The van der Waals surface area contributed by atoms with Crippen molar-refractivity contribution < 1.29 is 37.7 Å². The second kappa shape index (κ2) is 7.45. The Balaban J connectivity index is 1.83. The number of fused-ring (bicyclic) bond motifs is 5. The quantitative estimate of drug-likeness (QED) is 0.640. The van der Waals surface area contributed by atoms with Crippen molar-refractivity contribution in [2.75, 3.05) is 6.61 Å². The maximum absolute atomic E-state index is 17.1. The third kappa shape index (κ3) is 2.89. The molecule has 3 saturated carbocycles. The van der Waals surface area contributed by atoms with E-state index in [9.17, 15) is 19.5 Å². The lowest BCUT2D eigenvalue weighted by Gasteiger charge is -2.62. The van der Waals surface area contributed by atoms with Crippen LogP contribution < -0.4 is 0 Å². The number of hydrogen-bond donors (Lipinski definition) is 1. The van der Waals surface area contributed by atoms with Crippen molar-refractivity contribution in [3.63, 3.8) is 0 Å². The zero-order valence-corrected chi connectivity index (χ0v) is 18.8. The van der Waals surface area contributed by atoms with Gasteiger partial charge in [-0.2, -0.15) is 5.26 Å². The van der Waals surface area contributed by atoms with Crippen LogP contribution in [0.1, 0.15) is 46.5 Å².